The average molecular weight is 309 g/mol. The molecule has 0 aliphatic rings. The van der Waals surface area contributed by atoms with Gasteiger partial charge in [-0.25, -0.2) is 21.9 Å². The Hall–Kier alpha value is -1.09. The zero-order valence-corrected chi connectivity index (χ0v) is 12.0. The van der Waals surface area contributed by atoms with E-state index in [-0.39, 0.29) is 19.6 Å². The first-order chi connectivity index (χ1) is 9.16. The van der Waals surface area contributed by atoms with Crippen LogP contribution in [0.15, 0.2) is 23.1 Å². The van der Waals surface area contributed by atoms with Crippen molar-refractivity contribution in [3.05, 3.63) is 29.8 Å². The summed E-state index contributed by atoms with van der Waals surface area (Å²) in [6.07, 6.45) is 0.212. The quantitative estimate of drug-likeness (QED) is 0.789. The number of ether oxygens (including phenoxy) is 1. The summed E-state index contributed by atoms with van der Waals surface area (Å²) in [6, 6.07) is 1.98. The van der Waals surface area contributed by atoms with Crippen molar-refractivity contribution >= 4 is 10.0 Å². The van der Waals surface area contributed by atoms with E-state index in [2.05, 4.69) is 4.72 Å². The molecule has 8 heteroatoms. The minimum absolute atomic E-state index is 0.212. The second kappa shape index (κ2) is 6.57. The van der Waals surface area contributed by atoms with Gasteiger partial charge in [0.05, 0.1) is 10.5 Å². The minimum Gasteiger partial charge on any atom is -0.389 e. The number of sulfonamides is 1. The zero-order valence-electron chi connectivity index (χ0n) is 11.2. The second-order valence-electron chi connectivity index (χ2n) is 4.67. The van der Waals surface area contributed by atoms with Gasteiger partial charge in [-0.15, -0.1) is 0 Å². The van der Waals surface area contributed by atoms with Gasteiger partial charge >= 0.3 is 0 Å². The third-order valence-electron chi connectivity index (χ3n) is 2.63. The fourth-order valence-corrected chi connectivity index (χ4v) is 2.63. The van der Waals surface area contributed by atoms with E-state index in [0.29, 0.717) is 18.2 Å². The van der Waals surface area contributed by atoms with Gasteiger partial charge in [-0.3, -0.25) is 0 Å². The molecule has 0 heterocycles. The molecule has 0 radical (unpaired) electrons. The van der Waals surface area contributed by atoms with Crippen molar-refractivity contribution in [2.45, 2.75) is 23.8 Å². The van der Waals surface area contributed by atoms with Crippen LogP contribution in [0.2, 0.25) is 0 Å². The first-order valence-electron chi connectivity index (χ1n) is 5.83. The highest BCUT2D eigenvalue weighted by Crippen LogP contribution is 2.15. The molecular formula is C12H17F2NO4S. The van der Waals surface area contributed by atoms with E-state index in [9.17, 15) is 22.3 Å². The standard InChI is InChI=1S/C12H17F2NO4S/c1-12(16,3-4-19-2)8-15-20(17,18)11-6-9(13)5-10(14)7-11/h5-7,15-16H,3-4,8H2,1-2H3. The van der Waals surface area contributed by atoms with E-state index in [4.69, 9.17) is 4.74 Å². The van der Waals surface area contributed by atoms with Crippen molar-refractivity contribution in [1.29, 1.82) is 0 Å². The Labute approximate surface area is 116 Å². The first kappa shape index (κ1) is 17.0. The number of nitrogens with one attached hydrogen (secondary N) is 1. The van der Waals surface area contributed by atoms with Crippen LogP contribution >= 0.6 is 0 Å². The van der Waals surface area contributed by atoms with Crippen LogP contribution < -0.4 is 4.72 Å². The fourth-order valence-electron chi connectivity index (χ4n) is 1.43. The summed E-state index contributed by atoms with van der Waals surface area (Å²) >= 11 is 0. The van der Waals surface area contributed by atoms with Crippen LogP contribution in [0.1, 0.15) is 13.3 Å². The van der Waals surface area contributed by atoms with Gasteiger partial charge in [0.15, 0.2) is 0 Å². The van der Waals surface area contributed by atoms with Crippen LogP contribution in [-0.4, -0.2) is 39.4 Å². The normalized spacial score (nSPS) is 15.1. The third-order valence-corrected chi connectivity index (χ3v) is 4.01. The number of methoxy groups -OCH3 is 1. The lowest BCUT2D eigenvalue weighted by Gasteiger charge is -2.23. The van der Waals surface area contributed by atoms with Gasteiger partial charge in [0, 0.05) is 32.7 Å². The molecule has 0 saturated carbocycles. The maximum Gasteiger partial charge on any atom is 0.240 e. The molecule has 0 bridgehead atoms. The first-order valence-corrected chi connectivity index (χ1v) is 7.32. The molecule has 0 aliphatic heterocycles. The van der Waals surface area contributed by atoms with Crippen molar-refractivity contribution < 1.29 is 27.0 Å². The summed E-state index contributed by atoms with van der Waals surface area (Å²) in [6.45, 7) is 1.39. The number of aliphatic hydroxyl groups is 1. The highest BCUT2D eigenvalue weighted by molar-refractivity contribution is 7.89. The average Bonchev–Trinajstić information content (AvgIpc) is 2.33. The molecule has 1 atom stereocenters. The summed E-state index contributed by atoms with van der Waals surface area (Å²) < 4.78 is 56.6. The Morgan fingerprint density at radius 1 is 1.30 bits per heavy atom. The molecule has 0 saturated heterocycles. The molecule has 0 amide bonds. The number of rotatable bonds is 7. The maximum absolute atomic E-state index is 13.0. The van der Waals surface area contributed by atoms with E-state index in [0.717, 1.165) is 0 Å². The Balaban J connectivity index is 2.80. The molecular weight excluding hydrogens is 292 g/mol. The summed E-state index contributed by atoms with van der Waals surface area (Å²) in [7, 11) is -2.64. The SMILES string of the molecule is COCCC(C)(O)CNS(=O)(=O)c1cc(F)cc(F)c1. The predicted molar refractivity (Wildman–Crippen MR) is 68.7 cm³/mol. The highest BCUT2D eigenvalue weighted by Gasteiger charge is 2.24. The molecule has 0 fully saturated rings. The van der Waals surface area contributed by atoms with Crippen LogP contribution in [-0.2, 0) is 14.8 Å². The molecule has 1 rings (SSSR count). The van der Waals surface area contributed by atoms with E-state index in [1.165, 1.54) is 14.0 Å². The van der Waals surface area contributed by atoms with Crippen molar-refractivity contribution in [3.8, 4) is 0 Å². The van der Waals surface area contributed by atoms with Crippen LogP contribution in [0.25, 0.3) is 0 Å². The molecule has 1 aromatic rings. The lowest BCUT2D eigenvalue weighted by Crippen LogP contribution is -2.41. The zero-order chi connectivity index (χ0) is 15.4. The van der Waals surface area contributed by atoms with Gasteiger partial charge in [0.2, 0.25) is 10.0 Å². The van der Waals surface area contributed by atoms with Gasteiger partial charge in [-0.1, -0.05) is 0 Å². The monoisotopic (exact) mass is 309 g/mol. The molecule has 1 aromatic carbocycles. The topological polar surface area (TPSA) is 75.6 Å². The Morgan fingerprint density at radius 3 is 2.35 bits per heavy atom. The smallest absolute Gasteiger partial charge is 0.240 e. The Bertz CT molecular complexity index is 540. The Kier molecular flexibility index (Phi) is 5.58. The molecule has 0 spiro atoms. The Morgan fingerprint density at radius 2 is 1.85 bits per heavy atom. The molecule has 5 nitrogen and oxygen atoms in total. The lowest BCUT2D eigenvalue weighted by atomic mass is 10.0. The van der Waals surface area contributed by atoms with Crippen molar-refractivity contribution in [1.82, 2.24) is 4.72 Å². The third kappa shape index (κ3) is 5.12. The van der Waals surface area contributed by atoms with E-state index in [1.807, 2.05) is 0 Å². The van der Waals surface area contributed by atoms with Crippen LogP contribution in [0, 0.1) is 11.6 Å². The molecule has 0 aliphatic carbocycles. The minimum atomic E-state index is -4.09. The lowest BCUT2D eigenvalue weighted by molar-refractivity contribution is 0.0292. The number of hydrogen-bond acceptors (Lipinski definition) is 4. The molecule has 20 heavy (non-hydrogen) atoms. The highest BCUT2D eigenvalue weighted by atomic mass is 32.2. The molecule has 0 aromatic heterocycles. The summed E-state index contributed by atoms with van der Waals surface area (Å²) in [5, 5.41) is 9.91. The van der Waals surface area contributed by atoms with Gasteiger partial charge in [-0.2, -0.15) is 0 Å². The van der Waals surface area contributed by atoms with Gasteiger partial charge < -0.3 is 9.84 Å². The van der Waals surface area contributed by atoms with Gasteiger partial charge in [0.25, 0.3) is 0 Å². The van der Waals surface area contributed by atoms with E-state index < -0.39 is 32.2 Å². The van der Waals surface area contributed by atoms with Crippen LogP contribution in [0.3, 0.4) is 0 Å². The van der Waals surface area contributed by atoms with Crippen molar-refractivity contribution in [2.75, 3.05) is 20.3 Å². The number of hydrogen-bond donors (Lipinski definition) is 2. The van der Waals surface area contributed by atoms with Crippen molar-refractivity contribution in [3.63, 3.8) is 0 Å². The summed E-state index contributed by atoms with van der Waals surface area (Å²) in [5.41, 5.74) is -1.32. The largest absolute Gasteiger partial charge is 0.389 e. The van der Waals surface area contributed by atoms with Crippen LogP contribution in [0.4, 0.5) is 8.78 Å². The summed E-state index contributed by atoms with van der Waals surface area (Å²) in [5.74, 6) is -1.98. The van der Waals surface area contributed by atoms with Gasteiger partial charge in [0.1, 0.15) is 11.6 Å². The van der Waals surface area contributed by atoms with Crippen molar-refractivity contribution in [2.24, 2.45) is 0 Å². The summed E-state index contributed by atoms with van der Waals surface area (Å²) in [4.78, 5) is -0.530. The van der Waals surface area contributed by atoms with E-state index >= 15 is 0 Å². The van der Waals surface area contributed by atoms with Crippen LogP contribution in [0.5, 0.6) is 0 Å². The molecule has 1 unspecified atom stereocenters. The van der Waals surface area contributed by atoms with E-state index in [1.54, 1.807) is 0 Å². The molecule has 2 N–H and O–H groups in total. The van der Waals surface area contributed by atoms with Gasteiger partial charge in [-0.05, 0) is 19.1 Å². The number of benzene rings is 1. The second-order valence-corrected chi connectivity index (χ2v) is 6.44. The maximum atomic E-state index is 13.0. The molecule has 114 valence electrons. The predicted octanol–water partition coefficient (Wildman–Crippen LogP) is 1.03. The fraction of sp³-hybridized carbons (Fsp3) is 0.500. The number of halogens is 2.